The molecule has 8 atom stereocenters. The lowest BCUT2D eigenvalue weighted by atomic mass is 9.82. The Bertz CT molecular complexity index is 780. The Morgan fingerprint density at radius 2 is 1.94 bits per heavy atom. The number of piperidine rings is 2. The largest absolute Gasteiger partial charge is 0.302 e. The minimum Gasteiger partial charge on any atom is -0.302 e. The molecule has 34 heavy (non-hydrogen) atoms. The van der Waals surface area contributed by atoms with E-state index in [-0.39, 0.29) is 17.6 Å². The highest BCUT2D eigenvalue weighted by atomic mass is 32.2. The smallest absolute Gasteiger partial charge is 0.155 e. The summed E-state index contributed by atoms with van der Waals surface area (Å²) in [5.74, 6) is 1.09. The highest BCUT2D eigenvalue weighted by molar-refractivity contribution is 7.98. The van der Waals surface area contributed by atoms with Crippen LogP contribution in [0.5, 0.6) is 0 Å². The van der Waals surface area contributed by atoms with Crippen molar-refractivity contribution in [2.24, 2.45) is 17.8 Å². The number of benzene rings is 1. The van der Waals surface area contributed by atoms with Gasteiger partial charge in [-0.05, 0) is 83.2 Å². The van der Waals surface area contributed by atoms with Crippen LogP contribution in [0.15, 0.2) is 30.3 Å². The standard InChI is InChI=1S/C27H44FN5S/c1-27(2)16-20-10-7-13-29-23-11-6-12-24(31-23)34-30-17-22-15-21(14-19-8-4-3-5-9-19)25(28)32-26(22)33(27)18-20/h3-5,8-9,20-26,29-32H,6-7,10-18H2,1-2H3/t20-,21?,22?,23?,24?,25?,26?/m0/s1. The maximum Gasteiger partial charge on any atom is 0.155 e. The van der Waals surface area contributed by atoms with Crippen molar-refractivity contribution in [2.75, 3.05) is 19.6 Å². The molecule has 1 aromatic carbocycles. The molecule has 4 aliphatic heterocycles. The van der Waals surface area contributed by atoms with Crippen LogP contribution in [0, 0.1) is 17.8 Å². The van der Waals surface area contributed by atoms with E-state index in [0.29, 0.717) is 23.4 Å². The van der Waals surface area contributed by atoms with Crippen molar-refractivity contribution >= 4 is 11.9 Å². The Labute approximate surface area is 209 Å². The van der Waals surface area contributed by atoms with E-state index in [9.17, 15) is 0 Å². The summed E-state index contributed by atoms with van der Waals surface area (Å²) in [6.07, 6.45) is 8.64. The van der Waals surface area contributed by atoms with Crippen LogP contribution in [-0.2, 0) is 6.42 Å². The molecule has 5 rings (SSSR count). The molecule has 4 saturated heterocycles. The third-order valence-corrected chi connectivity index (χ3v) is 9.58. The molecule has 190 valence electrons. The molecule has 4 aliphatic rings. The molecule has 4 fully saturated rings. The van der Waals surface area contributed by atoms with E-state index in [1.54, 1.807) is 0 Å². The summed E-state index contributed by atoms with van der Waals surface area (Å²) in [4.78, 5) is 2.61. The van der Waals surface area contributed by atoms with Crippen molar-refractivity contribution in [1.29, 1.82) is 0 Å². The second-order valence-corrected chi connectivity index (χ2v) is 12.8. The van der Waals surface area contributed by atoms with Gasteiger partial charge >= 0.3 is 0 Å². The zero-order chi connectivity index (χ0) is 23.5. The minimum absolute atomic E-state index is 0.0143. The molecular formula is C27H44FN5S. The van der Waals surface area contributed by atoms with E-state index in [0.717, 1.165) is 32.5 Å². The maximum atomic E-state index is 15.6. The predicted molar refractivity (Wildman–Crippen MR) is 140 cm³/mol. The Hall–Kier alpha value is -0.700. The van der Waals surface area contributed by atoms with E-state index in [1.165, 1.54) is 44.1 Å². The molecule has 7 heteroatoms. The summed E-state index contributed by atoms with van der Waals surface area (Å²) >= 11 is 1.85. The monoisotopic (exact) mass is 489 g/mol. The first kappa shape index (κ1) is 25.0. The quantitative estimate of drug-likeness (QED) is 0.369. The van der Waals surface area contributed by atoms with Crippen molar-refractivity contribution in [1.82, 2.24) is 25.6 Å². The zero-order valence-corrected chi connectivity index (χ0v) is 21.8. The summed E-state index contributed by atoms with van der Waals surface area (Å²) in [7, 11) is 0. The van der Waals surface area contributed by atoms with E-state index < -0.39 is 6.30 Å². The van der Waals surface area contributed by atoms with Crippen LogP contribution in [0.25, 0.3) is 0 Å². The van der Waals surface area contributed by atoms with Gasteiger partial charge in [0, 0.05) is 30.5 Å². The number of halogens is 1. The molecule has 5 nitrogen and oxygen atoms in total. The summed E-state index contributed by atoms with van der Waals surface area (Å²) in [5, 5.41) is 11.5. The molecule has 4 bridgehead atoms. The summed E-state index contributed by atoms with van der Waals surface area (Å²) < 4.78 is 19.3. The molecule has 1 aromatic rings. The molecule has 0 aromatic heterocycles. The highest BCUT2D eigenvalue weighted by Gasteiger charge is 2.47. The lowest BCUT2D eigenvalue weighted by Crippen LogP contribution is -2.63. The van der Waals surface area contributed by atoms with E-state index in [2.05, 4.69) is 63.7 Å². The van der Waals surface area contributed by atoms with Crippen LogP contribution in [0.3, 0.4) is 0 Å². The topological polar surface area (TPSA) is 51.4 Å². The number of rotatable bonds is 2. The molecular weight excluding hydrogens is 445 g/mol. The number of hydrogen-bond acceptors (Lipinski definition) is 6. The Balaban J connectivity index is 1.33. The van der Waals surface area contributed by atoms with Gasteiger partial charge in [0.15, 0.2) is 6.30 Å². The summed E-state index contributed by atoms with van der Waals surface area (Å²) in [6, 6.07) is 10.4. The number of fused-ring (bicyclic) bond motifs is 6. The zero-order valence-electron chi connectivity index (χ0n) is 20.9. The molecule has 0 amide bonds. The summed E-state index contributed by atoms with van der Waals surface area (Å²) in [6.45, 7) is 7.81. The van der Waals surface area contributed by atoms with Gasteiger partial charge in [-0.2, -0.15) is 0 Å². The van der Waals surface area contributed by atoms with Crippen LogP contribution in [0.1, 0.15) is 64.4 Å². The maximum absolute atomic E-state index is 15.6. The first-order chi connectivity index (χ1) is 16.5. The van der Waals surface area contributed by atoms with Crippen molar-refractivity contribution in [3.8, 4) is 0 Å². The van der Waals surface area contributed by atoms with Gasteiger partial charge in [0.1, 0.15) is 0 Å². The van der Waals surface area contributed by atoms with Crippen molar-refractivity contribution in [2.45, 2.75) is 94.8 Å². The molecule has 7 unspecified atom stereocenters. The van der Waals surface area contributed by atoms with Crippen molar-refractivity contribution in [3.05, 3.63) is 35.9 Å². The van der Waals surface area contributed by atoms with Gasteiger partial charge in [0.05, 0.1) is 17.7 Å². The van der Waals surface area contributed by atoms with Gasteiger partial charge in [-0.3, -0.25) is 20.3 Å². The average Bonchev–Trinajstić information content (AvgIpc) is 3.13. The van der Waals surface area contributed by atoms with Crippen LogP contribution in [0.2, 0.25) is 0 Å². The van der Waals surface area contributed by atoms with Crippen LogP contribution >= 0.6 is 11.9 Å². The average molecular weight is 490 g/mol. The third kappa shape index (κ3) is 5.98. The van der Waals surface area contributed by atoms with Gasteiger partial charge in [-0.25, -0.2) is 4.39 Å². The summed E-state index contributed by atoms with van der Waals surface area (Å²) in [5.41, 5.74) is 1.34. The molecule has 0 spiro atoms. The van der Waals surface area contributed by atoms with E-state index in [4.69, 9.17) is 0 Å². The van der Waals surface area contributed by atoms with Crippen molar-refractivity contribution < 1.29 is 4.39 Å². The van der Waals surface area contributed by atoms with Gasteiger partial charge < -0.3 is 5.32 Å². The first-order valence-electron chi connectivity index (χ1n) is 13.6. The number of nitrogens with zero attached hydrogens (tertiary/aromatic N) is 1. The van der Waals surface area contributed by atoms with E-state index in [1.807, 2.05) is 18.0 Å². The number of hydrogen-bond donors (Lipinski definition) is 4. The third-order valence-electron chi connectivity index (χ3n) is 8.59. The normalized spacial score (nSPS) is 41.1. The Kier molecular flexibility index (Phi) is 8.18. The second-order valence-electron chi connectivity index (χ2n) is 11.7. The fraction of sp³-hybridized carbons (Fsp3) is 0.778. The fourth-order valence-electron chi connectivity index (χ4n) is 6.89. The second kappa shape index (κ2) is 11.1. The van der Waals surface area contributed by atoms with Gasteiger partial charge in [0.25, 0.3) is 0 Å². The van der Waals surface area contributed by atoms with E-state index >= 15 is 4.39 Å². The first-order valence-corrected chi connectivity index (χ1v) is 14.4. The minimum atomic E-state index is -0.962. The van der Waals surface area contributed by atoms with Gasteiger partial charge in [-0.1, -0.05) is 42.3 Å². The SMILES string of the molecule is CC1(C)C[C@@H]2CCCNC3CCCC(N3)SNCC3CC(Cc4ccccc4)C(F)NC3N1C2. The molecule has 4 heterocycles. The lowest BCUT2D eigenvalue weighted by molar-refractivity contribution is -0.0268. The molecule has 0 radical (unpaired) electrons. The van der Waals surface area contributed by atoms with Crippen LogP contribution < -0.4 is 20.7 Å². The predicted octanol–water partition coefficient (Wildman–Crippen LogP) is 4.22. The van der Waals surface area contributed by atoms with Crippen molar-refractivity contribution in [3.63, 3.8) is 0 Å². The van der Waals surface area contributed by atoms with Crippen LogP contribution in [-0.4, -0.2) is 54.1 Å². The number of alkyl halides is 1. The molecule has 0 saturated carbocycles. The lowest BCUT2D eigenvalue weighted by Gasteiger charge is -2.48. The van der Waals surface area contributed by atoms with Crippen LogP contribution in [0.4, 0.5) is 4.39 Å². The van der Waals surface area contributed by atoms with Gasteiger partial charge in [-0.15, -0.1) is 0 Å². The van der Waals surface area contributed by atoms with Gasteiger partial charge in [0.2, 0.25) is 0 Å². The molecule has 0 aliphatic carbocycles. The highest BCUT2D eigenvalue weighted by Crippen LogP contribution is 2.41. The fourth-order valence-corrected chi connectivity index (χ4v) is 7.92. The number of nitrogens with one attached hydrogen (secondary N) is 4. The molecule has 4 N–H and O–H groups in total. The Morgan fingerprint density at radius 1 is 1.09 bits per heavy atom. The Morgan fingerprint density at radius 3 is 2.79 bits per heavy atom.